The fourth-order valence-electron chi connectivity index (χ4n) is 8.52. The van der Waals surface area contributed by atoms with Crippen molar-refractivity contribution in [1.82, 2.24) is 0 Å². The van der Waals surface area contributed by atoms with Gasteiger partial charge in [0.1, 0.15) is 11.4 Å². The molecule has 2 rings (SSSR count). The van der Waals surface area contributed by atoms with Gasteiger partial charge in [-0.2, -0.15) is 0 Å². The number of benzene rings is 2. The van der Waals surface area contributed by atoms with Gasteiger partial charge in [-0.15, -0.1) is 13.2 Å². The summed E-state index contributed by atoms with van der Waals surface area (Å²) in [5.41, 5.74) is 5.81. The fraction of sp³-hybridized carbons (Fsp3) is 0.645. The zero-order chi connectivity index (χ0) is 45.6. The lowest BCUT2D eigenvalue weighted by Gasteiger charge is -2.08. The van der Waals surface area contributed by atoms with E-state index in [2.05, 4.69) is 99.2 Å². The Morgan fingerprint density at radius 3 is 0.969 bits per heavy atom. The molecular formula is C62H96N2. The fourth-order valence-corrected chi connectivity index (χ4v) is 8.52. The molecule has 2 heteroatoms. The van der Waals surface area contributed by atoms with Gasteiger partial charge in [0, 0.05) is 12.8 Å². The van der Waals surface area contributed by atoms with Crippen LogP contribution < -0.4 is 0 Å². The molecule has 0 atom stereocenters. The molecule has 0 saturated carbocycles. The number of hydrogen-bond donors (Lipinski definition) is 0. The number of hydrogen-bond acceptors (Lipinski definition) is 2. The summed E-state index contributed by atoms with van der Waals surface area (Å²) < 4.78 is 0. The minimum atomic E-state index is 0.695. The number of rotatable bonds is 41. The van der Waals surface area contributed by atoms with Gasteiger partial charge in [-0.05, 0) is 86.5 Å². The Kier molecular flexibility index (Phi) is 38.2. The third-order valence-corrected chi connectivity index (χ3v) is 12.6. The Bertz CT molecular complexity index is 1620. The van der Waals surface area contributed by atoms with Crippen LogP contribution in [0.5, 0.6) is 0 Å². The Morgan fingerprint density at radius 1 is 0.391 bits per heavy atom. The molecule has 0 amide bonds. The molecule has 64 heavy (non-hydrogen) atoms. The van der Waals surface area contributed by atoms with Crippen molar-refractivity contribution in [1.29, 1.82) is 0 Å². The molecular weight excluding hydrogens is 773 g/mol. The number of nitrogens with zero attached hydrogens (tertiary/aromatic N) is 2. The normalized spacial score (nSPS) is 11.5. The maximum Gasteiger partial charge on any atom is 0.148 e. The van der Waals surface area contributed by atoms with E-state index in [0.29, 0.717) is 11.4 Å². The highest BCUT2D eigenvalue weighted by atomic mass is 14.8. The first-order valence-corrected chi connectivity index (χ1v) is 27.3. The van der Waals surface area contributed by atoms with Gasteiger partial charge >= 0.3 is 0 Å². The smallest absolute Gasteiger partial charge is 0.148 e. The van der Waals surface area contributed by atoms with E-state index in [1.807, 2.05) is 12.2 Å². The molecule has 0 spiro atoms. The molecule has 2 aromatic carbocycles. The van der Waals surface area contributed by atoms with Gasteiger partial charge in [0.25, 0.3) is 0 Å². The quantitative estimate of drug-likeness (QED) is 0.0275. The standard InChI is InChI=1S/C62H96N2/c1-5-9-13-15-17-19-21-23-24-25-26-27-28-29-30-32-34-36-38-40-44-56-62(64-60-54-48-46-52-58(60)50-42-12-8-4)61(63-59-53-47-45-51-57(59)49-41-11-7-3)55-43-39-37-35-33-31-22-20-18-16-14-10-6-2/h7-8,45-48,51-54H,3-6,9-42,49-50H2,1-2H3. The summed E-state index contributed by atoms with van der Waals surface area (Å²) in [6, 6.07) is 17.1. The van der Waals surface area contributed by atoms with Crippen molar-refractivity contribution in [2.45, 2.75) is 258 Å². The summed E-state index contributed by atoms with van der Waals surface area (Å²) in [6.45, 7) is 12.5. The summed E-state index contributed by atoms with van der Waals surface area (Å²) in [6.07, 6.45) is 52.8. The minimum absolute atomic E-state index is 0.695. The molecule has 0 aliphatic heterocycles. The lowest BCUT2D eigenvalue weighted by atomic mass is 10.0. The molecule has 0 heterocycles. The van der Waals surface area contributed by atoms with Crippen LogP contribution >= 0.6 is 0 Å². The predicted octanol–water partition coefficient (Wildman–Crippen LogP) is 20.1. The van der Waals surface area contributed by atoms with E-state index in [4.69, 9.17) is 9.98 Å². The molecule has 0 unspecified atom stereocenters. The van der Waals surface area contributed by atoms with Crippen molar-refractivity contribution in [3.63, 3.8) is 0 Å². The van der Waals surface area contributed by atoms with Crippen molar-refractivity contribution in [3.8, 4) is 23.7 Å². The molecule has 2 nitrogen and oxygen atoms in total. The van der Waals surface area contributed by atoms with E-state index in [9.17, 15) is 0 Å². The molecule has 0 fully saturated rings. The van der Waals surface area contributed by atoms with Crippen LogP contribution in [0, 0.1) is 23.7 Å². The number of para-hydroxylation sites is 2. The van der Waals surface area contributed by atoms with E-state index < -0.39 is 0 Å². The zero-order valence-electron chi connectivity index (χ0n) is 42.0. The summed E-state index contributed by atoms with van der Waals surface area (Å²) in [7, 11) is 0. The molecule has 0 N–H and O–H groups in total. The number of aliphatic imine (C=N–C) groups is 2. The Morgan fingerprint density at radius 2 is 0.672 bits per heavy atom. The molecule has 0 bridgehead atoms. The van der Waals surface area contributed by atoms with Crippen molar-refractivity contribution in [2.24, 2.45) is 9.98 Å². The Balaban J connectivity index is 2.05. The highest BCUT2D eigenvalue weighted by molar-refractivity contribution is 6.55. The summed E-state index contributed by atoms with van der Waals surface area (Å²) >= 11 is 0. The van der Waals surface area contributed by atoms with Crippen molar-refractivity contribution < 1.29 is 0 Å². The van der Waals surface area contributed by atoms with Gasteiger partial charge in [-0.25, -0.2) is 9.98 Å². The minimum Gasteiger partial charge on any atom is -0.237 e. The second-order valence-corrected chi connectivity index (χ2v) is 18.5. The molecule has 0 aliphatic rings. The van der Waals surface area contributed by atoms with Crippen LogP contribution in [-0.4, -0.2) is 11.4 Å². The van der Waals surface area contributed by atoms with E-state index in [1.54, 1.807) is 0 Å². The average Bonchev–Trinajstić information content (AvgIpc) is 3.31. The first kappa shape index (κ1) is 56.5. The van der Waals surface area contributed by atoms with E-state index in [-0.39, 0.29) is 0 Å². The second kappa shape index (κ2) is 43.3. The van der Waals surface area contributed by atoms with E-state index in [1.165, 1.54) is 191 Å². The lowest BCUT2D eigenvalue weighted by Crippen LogP contribution is -2.11. The van der Waals surface area contributed by atoms with Crippen molar-refractivity contribution in [2.75, 3.05) is 0 Å². The first-order valence-electron chi connectivity index (χ1n) is 27.3. The van der Waals surface area contributed by atoms with Gasteiger partial charge in [-0.1, -0.05) is 254 Å². The number of aryl methyl sites for hydroxylation is 2. The largest absolute Gasteiger partial charge is 0.237 e. The zero-order valence-corrected chi connectivity index (χ0v) is 42.0. The number of unbranched alkanes of at least 4 members (excludes halogenated alkanes) is 32. The Hall–Kier alpha value is -3.62. The topological polar surface area (TPSA) is 24.7 Å². The second-order valence-electron chi connectivity index (χ2n) is 18.5. The molecule has 2 aromatic rings. The lowest BCUT2D eigenvalue weighted by molar-refractivity contribution is 0.524. The van der Waals surface area contributed by atoms with Crippen LogP contribution in [0.3, 0.4) is 0 Å². The molecule has 0 radical (unpaired) electrons. The van der Waals surface area contributed by atoms with Crippen LogP contribution in [-0.2, 0) is 12.8 Å². The van der Waals surface area contributed by atoms with E-state index >= 15 is 0 Å². The molecule has 354 valence electrons. The summed E-state index contributed by atoms with van der Waals surface area (Å²) in [5.74, 6) is 14.2. The maximum absolute atomic E-state index is 5.31. The monoisotopic (exact) mass is 869 g/mol. The third-order valence-electron chi connectivity index (χ3n) is 12.6. The van der Waals surface area contributed by atoms with Gasteiger partial charge in [0.15, 0.2) is 0 Å². The maximum atomic E-state index is 5.31. The summed E-state index contributed by atoms with van der Waals surface area (Å²) in [4.78, 5) is 10.6. The summed E-state index contributed by atoms with van der Waals surface area (Å²) in [5, 5.41) is 0. The highest BCUT2D eigenvalue weighted by Gasteiger charge is 2.10. The average molecular weight is 869 g/mol. The molecule has 0 aliphatic carbocycles. The van der Waals surface area contributed by atoms with Gasteiger partial charge in [0.2, 0.25) is 0 Å². The Labute approximate surface area is 397 Å². The first-order chi connectivity index (χ1) is 31.7. The molecule has 0 saturated heterocycles. The van der Waals surface area contributed by atoms with E-state index in [0.717, 1.165) is 75.6 Å². The van der Waals surface area contributed by atoms with Crippen LogP contribution in [0.4, 0.5) is 11.4 Å². The van der Waals surface area contributed by atoms with Crippen molar-refractivity contribution >= 4 is 22.8 Å². The predicted molar refractivity (Wildman–Crippen MR) is 288 cm³/mol. The SMILES string of the molecule is C=CCCCc1ccccc1N=C(C#CCCCCCCCCCCCCC)C(C#CCCCCCCCCCCCCCCCCCCCCC)=Nc1ccccc1CCCC=C. The van der Waals surface area contributed by atoms with Crippen molar-refractivity contribution in [3.05, 3.63) is 85.0 Å². The van der Waals surface area contributed by atoms with Gasteiger partial charge in [-0.3, -0.25) is 0 Å². The van der Waals surface area contributed by atoms with Gasteiger partial charge < -0.3 is 0 Å². The van der Waals surface area contributed by atoms with Crippen LogP contribution in [0.1, 0.15) is 256 Å². The number of allylic oxidation sites excluding steroid dienone is 2. The third kappa shape index (κ3) is 31.3. The van der Waals surface area contributed by atoms with Gasteiger partial charge in [0.05, 0.1) is 11.4 Å². The molecule has 0 aromatic heterocycles. The highest BCUT2D eigenvalue weighted by Crippen LogP contribution is 2.24. The van der Waals surface area contributed by atoms with Crippen LogP contribution in [0.25, 0.3) is 0 Å². The van der Waals surface area contributed by atoms with Crippen LogP contribution in [0.15, 0.2) is 83.8 Å². The van der Waals surface area contributed by atoms with Crippen LogP contribution in [0.2, 0.25) is 0 Å².